The summed E-state index contributed by atoms with van der Waals surface area (Å²) in [6.45, 7) is 7.45. The number of alkyl halides is 4. The first-order chi connectivity index (χ1) is 14.3. The zero-order valence-corrected chi connectivity index (χ0v) is 18.3. The summed E-state index contributed by atoms with van der Waals surface area (Å²) < 4.78 is 61.7. The van der Waals surface area contributed by atoms with E-state index in [-0.39, 0.29) is 54.0 Å². The van der Waals surface area contributed by atoms with Crippen LogP contribution in [0.4, 0.5) is 17.6 Å². The summed E-state index contributed by atoms with van der Waals surface area (Å²) in [5.74, 6) is -5.59. The molecule has 0 aromatic rings. The molecule has 3 heterocycles. The van der Waals surface area contributed by atoms with Crippen molar-refractivity contribution < 1.29 is 22.3 Å². The summed E-state index contributed by atoms with van der Waals surface area (Å²) in [6.07, 6.45) is 5.06. The predicted octanol–water partition coefficient (Wildman–Crippen LogP) is 4.31. The first kappa shape index (κ1) is 21.4. The number of nitrogens with two attached hydrogens (primary N) is 1. The number of likely N-dealkylation sites (tertiary alicyclic amines) is 1. The van der Waals surface area contributed by atoms with Gasteiger partial charge >= 0.3 is 0 Å². The van der Waals surface area contributed by atoms with Gasteiger partial charge in [0.2, 0.25) is 5.92 Å². The number of fused-ring (bicyclic) bond motifs is 1. The molecule has 3 aliphatic heterocycles. The molecule has 2 saturated carbocycles. The fourth-order valence-corrected chi connectivity index (χ4v) is 6.72. The van der Waals surface area contributed by atoms with Crippen molar-refractivity contribution in [3.8, 4) is 0 Å². The minimum absolute atomic E-state index is 0.148. The van der Waals surface area contributed by atoms with Crippen LogP contribution in [-0.2, 0) is 4.74 Å². The van der Waals surface area contributed by atoms with E-state index in [0.717, 1.165) is 33.1 Å². The molecule has 8 atom stereocenters. The van der Waals surface area contributed by atoms with Crippen LogP contribution in [0.5, 0.6) is 0 Å². The van der Waals surface area contributed by atoms with Gasteiger partial charge in [-0.15, -0.1) is 0 Å². The van der Waals surface area contributed by atoms with E-state index in [9.17, 15) is 17.6 Å². The van der Waals surface area contributed by atoms with Gasteiger partial charge in [0.25, 0.3) is 5.92 Å². The Hall–Kier alpha value is -1.41. The Kier molecular flexibility index (Phi) is 4.54. The zero-order chi connectivity index (χ0) is 22.5. The van der Waals surface area contributed by atoms with E-state index in [1.54, 1.807) is 6.08 Å². The summed E-state index contributed by atoms with van der Waals surface area (Å²) in [5.41, 5.74) is 7.45. The zero-order valence-electron chi connectivity index (χ0n) is 18.3. The second kappa shape index (κ2) is 6.56. The van der Waals surface area contributed by atoms with E-state index in [1.807, 2.05) is 6.92 Å². The van der Waals surface area contributed by atoms with Crippen molar-refractivity contribution in [2.45, 2.75) is 101 Å². The van der Waals surface area contributed by atoms with Gasteiger partial charge in [0, 0.05) is 30.8 Å². The number of ether oxygens (including phenoxy) is 1. The maximum Gasteiger partial charge on any atom is 0.271 e. The number of rotatable bonds is 5. The van der Waals surface area contributed by atoms with Crippen LogP contribution in [0.1, 0.15) is 52.9 Å². The second-order valence-corrected chi connectivity index (χ2v) is 10.5. The van der Waals surface area contributed by atoms with Crippen molar-refractivity contribution >= 4 is 5.84 Å². The average molecular weight is 442 g/mol. The molecule has 0 aromatic heterocycles. The molecule has 8 heteroatoms. The summed E-state index contributed by atoms with van der Waals surface area (Å²) in [5, 5.41) is 0. The number of piperidine rings is 1. The third-order valence-corrected chi connectivity index (χ3v) is 8.20. The molecule has 0 aromatic carbocycles. The molecule has 8 unspecified atom stereocenters. The lowest BCUT2D eigenvalue weighted by Crippen LogP contribution is -2.83. The molecular weight excluding hydrogens is 410 g/mol. The lowest BCUT2D eigenvalue weighted by molar-refractivity contribution is -0.241. The molecular formula is C23H31F4N3O. The molecule has 4 nitrogen and oxygen atoms in total. The first-order valence-corrected chi connectivity index (χ1v) is 11.3. The molecule has 0 radical (unpaired) electrons. The fourth-order valence-electron chi connectivity index (χ4n) is 6.72. The standard InChI is InChI=1S/C23H31F4N3O/c1-11(5-6-21(3,24)25)7-14-12(2)19(22(4,26)27)29-20(18(14)28)30-15-8-13-10-23(15)16(30)9-17(23)31-13/h7,11,13,15-19H,2,5-6,8-10,28H2,1,3-4H3/b14-7-. The fraction of sp³-hybridized carbons (Fsp3) is 0.783. The smallest absolute Gasteiger partial charge is 0.271 e. The van der Waals surface area contributed by atoms with Gasteiger partial charge in [0.1, 0.15) is 11.9 Å². The highest BCUT2D eigenvalue weighted by molar-refractivity contribution is 5.95. The Morgan fingerprint density at radius 2 is 1.97 bits per heavy atom. The Labute approximate surface area is 180 Å². The van der Waals surface area contributed by atoms with Crippen LogP contribution < -0.4 is 5.73 Å². The monoisotopic (exact) mass is 441 g/mol. The van der Waals surface area contributed by atoms with E-state index < -0.39 is 23.9 Å². The van der Waals surface area contributed by atoms with Crippen molar-refractivity contribution in [2.75, 3.05) is 0 Å². The number of halogens is 4. The van der Waals surface area contributed by atoms with Gasteiger partial charge in [0.05, 0.1) is 18.2 Å². The van der Waals surface area contributed by atoms with Crippen LogP contribution in [0, 0.1) is 11.3 Å². The van der Waals surface area contributed by atoms with Crippen molar-refractivity contribution in [3.05, 3.63) is 23.8 Å². The lowest BCUT2D eigenvalue weighted by atomic mass is 9.51. The molecule has 0 amide bonds. The van der Waals surface area contributed by atoms with Crippen molar-refractivity contribution in [1.29, 1.82) is 0 Å². The topological polar surface area (TPSA) is 50.8 Å². The molecule has 2 bridgehead atoms. The molecule has 2 aliphatic carbocycles. The second-order valence-electron chi connectivity index (χ2n) is 10.5. The minimum Gasteiger partial charge on any atom is -0.374 e. The quantitative estimate of drug-likeness (QED) is 0.647. The number of hydrogen-bond donors (Lipinski definition) is 1. The lowest BCUT2D eigenvalue weighted by Gasteiger charge is -2.72. The van der Waals surface area contributed by atoms with Crippen LogP contribution >= 0.6 is 0 Å². The van der Waals surface area contributed by atoms with Gasteiger partial charge in [0.15, 0.2) is 0 Å². The first-order valence-electron chi connectivity index (χ1n) is 11.3. The van der Waals surface area contributed by atoms with E-state index >= 15 is 0 Å². The Morgan fingerprint density at radius 1 is 1.29 bits per heavy atom. The third kappa shape index (κ3) is 3.04. The van der Waals surface area contributed by atoms with Crippen molar-refractivity contribution in [3.63, 3.8) is 0 Å². The molecule has 1 spiro atoms. The maximum atomic E-state index is 14.5. The summed E-state index contributed by atoms with van der Waals surface area (Å²) >= 11 is 0. The molecule has 5 rings (SSSR count). The SMILES string of the molecule is C=C1/C(=C/C(C)CCC(C)(F)F)C(N)C(N2C3CC4CC35C(CC25)O4)=NC1C(C)(F)F. The minimum atomic E-state index is -3.09. The summed E-state index contributed by atoms with van der Waals surface area (Å²) in [6, 6.07) is -1.58. The molecule has 5 aliphatic rings. The number of hydrogen-bond acceptors (Lipinski definition) is 4. The van der Waals surface area contributed by atoms with Crippen molar-refractivity contribution in [2.24, 2.45) is 22.1 Å². The Balaban J connectivity index is 1.44. The van der Waals surface area contributed by atoms with Crippen molar-refractivity contribution in [1.82, 2.24) is 4.90 Å². The van der Waals surface area contributed by atoms with E-state index in [1.165, 1.54) is 0 Å². The van der Waals surface area contributed by atoms with Gasteiger partial charge in [-0.2, -0.15) is 0 Å². The van der Waals surface area contributed by atoms with Gasteiger partial charge in [-0.25, -0.2) is 17.6 Å². The predicted molar refractivity (Wildman–Crippen MR) is 110 cm³/mol. The highest BCUT2D eigenvalue weighted by atomic mass is 19.3. The van der Waals surface area contributed by atoms with E-state index in [4.69, 9.17) is 10.5 Å². The molecule has 31 heavy (non-hydrogen) atoms. The van der Waals surface area contributed by atoms with Crippen LogP contribution in [-0.4, -0.2) is 59.0 Å². The molecule has 2 N–H and O–H groups in total. The van der Waals surface area contributed by atoms with Crippen LogP contribution in [0.3, 0.4) is 0 Å². The number of nitrogens with zero attached hydrogens (tertiary/aromatic N) is 2. The maximum absolute atomic E-state index is 14.5. The van der Waals surface area contributed by atoms with Gasteiger partial charge in [-0.1, -0.05) is 19.6 Å². The molecule has 172 valence electrons. The number of amidine groups is 1. The molecule has 4 fully saturated rings. The van der Waals surface area contributed by atoms with Gasteiger partial charge in [-0.3, -0.25) is 4.99 Å². The summed E-state index contributed by atoms with van der Waals surface area (Å²) in [4.78, 5) is 6.64. The van der Waals surface area contributed by atoms with Gasteiger partial charge < -0.3 is 15.4 Å². The number of aliphatic imine (C=N–C) groups is 1. The van der Waals surface area contributed by atoms with Crippen LogP contribution in [0.15, 0.2) is 28.8 Å². The Morgan fingerprint density at radius 3 is 2.58 bits per heavy atom. The van der Waals surface area contributed by atoms with Crippen LogP contribution in [0.2, 0.25) is 0 Å². The average Bonchev–Trinajstić information content (AvgIpc) is 3.15. The van der Waals surface area contributed by atoms with Crippen LogP contribution in [0.25, 0.3) is 0 Å². The largest absolute Gasteiger partial charge is 0.374 e. The molecule has 2 saturated heterocycles. The highest BCUT2D eigenvalue weighted by Crippen LogP contribution is 2.71. The number of allylic oxidation sites excluding steroid dienone is 1. The van der Waals surface area contributed by atoms with Gasteiger partial charge in [-0.05, 0) is 49.7 Å². The summed E-state index contributed by atoms with van der Waals surface area (Å²) in [7, 11) is 0. The normalized spacial score (nSPS) is 43.5. The third-order valence-electron chi connectivity index (χ3n) is 8.20. The van der Waals surface area contributed by atoms with E-state index in [2.05, 4.69) is 16.5 Å². The Bertz CT molecular complexity index is 860. The highest BCUT2D eigenvalue weighted by Gasteiger charge is 2.79. The van der Waals surface area contributed by atoms with E-state index in [0.29, 0.717) is 11.4 Å².